The van der Waals surface area contributed by atoms with Crippen molar-refractivity contribution < 1.29 is 0 Å². The zero-order valence-electron chi connectivity index (χ0n) is 10.8. The van der Waals surface area contributed by atoms with Crippen molar-refractivity contribution in [3.63, 3.8) is 0 Å². The maximum atomic E-state index is 5.99. The number of thioether (sulfide) groups is 1. The van der Waals surface area contributed by atoms with Crippen LogP contribution in [0.25, 0.3) is 0 Å². The van der Waals surface area contributed by atoms with Crippen LogP contribution in [-0.4, -0.2) is 45.2 Å². The summed E-state index contributed by atoms with van der Waals surface area (Å²) in [5.74, 6) is 2.94. The normalized spacial score (nSPS) is 16.6. The van der Waals surface area contributed by atoms with Gasteiger partial charge in [0.05, 0.1) is 12.7 Å². The van der Waals surface area contributed by atoms with Crippen molar-refractivity contribution in [3.05, 3.63) is 17.5 Å². The van der Waals surface area contributed by atoms with Gasteiger partial charge in [-0.3, -0.25) is 4.68 Å². The Balaban J connectivity index is 0.00000162. The lowest BCUT2D eigenvalue weighted by Crippen LogP contribution is -2.42. The van der Waals surface area contributed by atoms with Crippen LogP contribution in [0.3, 0.4) is 0 Å². The number of guanidine groups is 1. The Morgan fingerprint density at radius 3 is 2.72 bits per heavy atom. The van der Waals surface area contributed by atoms with Crippen LogP contribution in [0.2, 0.25) is 0 Å². The first kappa shape index (κ1) is 15.6. The molecule has 0 spiro atoms. The van der Waals surface area contributed by atoms with Gasteiger partial charge in [0.25, 0.3) is 0 Å². The average Bonchev–Trinajstić information content (AvgIpc) is 2.68. The molecule has 2 heterocycles. The minimum Gasteiger partial charge on any atom is -0.370 e. The summed E-state index contributed by atoms with van der Waals surface area (Å²) in [6.45, 7) is 4.68. The molecule has 1 aliphatic rings. The molecule has 2 N–H and O–H groups in total. The van der Waals surface area contributed by atoms with Gasteiger partial charge < -0.3 is 10.6 Å². The Morgan fingerprint density at radius 2 is 2.17 bits per heavy atom. The third kappa shape index (κ3) is 3.78. The molecule has 0 atom stereocenters. The minimum atomic E-state index is 0. The van der Waals surface area contributed by atoms with E-state index in [1.54, 1.807) is 0 Å². The molecule has 102 valence electrons. The molecule has 1 aromatic heterocycles. The number of nitrogens with zero attached hydrogens (tertiary/aromatic N) is 4. The van der Waals surface area contributed by atoms with Gasteiger partial charge in [0, 0.05) is 42.9 Å². The summed E-state index contributed by atoms with van der Waals surface area (Å²) in [4.78, 5) is 6.60. The molecule has 7 heteroatoms. The number of halogens is 1. The standard InChI is InChI=1S/C11H19N5S.HI/c1-9-10(8-14-15(9)2)7-13-11(12)16-3-5-17-6-4-16;/h8H,3-7H2,1-2H3,(H2,12,13);1H. The van der Waals surface area contributed by atoms with Crippen LogP contribution >= 0.6 is 35.7 Å². The van der Waals surface area contributed by atoms with E-state index >= 15 is 0 Å². The third-order valence-corrected chi connectivity index (χ3v) is 4.03. The van der Waals surface area contributed by atoms with Crippen LogP contribution in [0.5, 0.6) is 0 Å². The highest BCUT2D eigenvalue weighted by atomic mass is 127. The maximum Gasteiger partial charge on any atom is 0.191 e. The van der Waals surface area contributed by atoms with Crippen LogP contribution in [0, 0.1) is 6.92 Å². The molecule has 1 fully saturated rings. The second-order valence-corrected chi connectivity index (χ2v) is 5.38. The summed E-state index contributed by atoms with van der Waals surface area (Å²) in [5, 5.41) is 4.20. The van der Waals surface area contributed by atoms with Crippen molar-refractivity contribution in [2.24, 2.45) is 17.8 Å². The number of hydrogen-bond donors (Lipinski definition) is 1. The molecule has 1 saturated heterocycles. The van der Waals surface area contributed by atoms with E-state index < -0.39 is 0 Å². The number of rotatable bonds is 2. The lowest BCUT2D eigenvalue weighted by Gasteiger charge is -2.27. The fourth-order valence-electron chi connectivity index (χ4n) is 1.76. The monoisotopic (exact) mass is 381 g/mol. The lowest BCUT2D eigenvalue weighted by molar-refractivity contribution is 0.455. The van der Waals surface area contributed by atoms with Crippen LogP contribution in [0.1, 0.15) is 11.3 Å². The van der Waals surface area contributed by atoms with Gasteiger partial charge in [-0.15, -0.1) is 24.0 Å². The van der Waals surface area contributed by atoms with Gasteiger partial charge in [0.1, 0.15) is 0 Å². The van der Waals surface area contributed by atoms with E-state index in [0.29, 0.717) is 12.5 Å². The fraction of sp³-hybridized carbons (Fsp3) is 0.636. The number of hydrogen-bond acceptors (Lipinski definition) is 3. The van der Waals surface area contributed by atoms with E-state index in [4.69, 9.17) is 5.73 Å². The molecule has 0 amide bonds. The summed E-state index contributed by atoms with van der Waals surface area (Å²) in [6, 6.07) is 0. The van der Waals surface area contributed by atoms with Gasteiger partial charge in [-0.1, -0.05) is 0 Å². The highest BCUT2D eigenvalue weighted by molar-refractivity contribution is 14.0. The van der Waals surface area contributed by atoms with Crippen LogP contribution < -0.4 is 5.73 Å². The van der Waals surface area contributed by atoms with Crippen molar-refractivity contribution in [2.75, 3.05) is 24.6 Å². The first-order valence-electron chi connectivity index (χ1n) is 5.78. The van der Waals surface area contributed by atoms with Gasteiger partial charge in [0.15, 0.2) is 5.96 Å². The molecule has 0 aliphatic carbocycles. The van der Waals surface area contributed by atoms with Gasteiger partial charge >= 0.3 is 0 Å². The zero-order valence-corrected chi connectivity index (χ0v) is 13.9. The Bertz CT molecular complexity index is 412. The third-order valence-electron chi connectivity index (χ3n) is 3.08. The molecule has 18 heavy (non-hydrogen) atoms. The summed E-state index contributed by atoms with van der Waals surface area (Å²) in [6.07, 6.45) is 1.86. The fourth-order valence-corrected chi connectivity index (χ4v) is 2.66. The van der Waals surface area contributed by atoms with Crippen molar-refractivity contribution in [3.8, 4) is 0 Å². The van der Waals surface area contributed by atoms with E-state index in [1.165, 1.54) is 0 Å². The Kier molecular flexibility index (Phi) is 6.27. The van der Waals surface area contributed by atoms with Gasteiger partial charge in [-0.2, -0.15) is 16.9 Å². The first-order valence-corrected chi connectivity index (χ1v) is 6.94. The van der Waals surface area contributed by atoms with Gasteiger partial charge in [-0.05, 0) is 6.92 Å². The van der Waals surface area contributed by atoms with Crippen molar-refractivity contribution in [1.82, 2.24) is 14.7 Å². The Hall–Kier alpha value is -0.440. The molecular weight excluding hydrogens is 361 g/mol. The summed E-state index contributed by atoms with van der Waals surface area (Å²) in [7, 11) is 1.94. The predicted molar refractivity (Wildman–Crippen MR) is 87.6 cm³/mol. The quantitative estimate of drug-likeness (QED) is 0.475. The largest absolute Gasteiger partial charge is 0.370 e. The van der Waals surface area contributed by atoms with Crippen molar-refractivity contribution in [1.29, 1.82) is 0 Å². The molecule has 0 aromatic carbocycles. The molecular formula is C11H20IN5S. The van der Waals surface area contributed by atoms with Crippen LogP contribution in [-0.2, 0) is 13.6 Å². The van der Waals surface area contributed by atoms with Gasteiger partial charge in [-0.25, -0.2) is 4.99 Å². The first-order chi connectivity index (χ1) is 8.18. The van der Waals surface area contributed by atoms with E-state index in [2.05, 4.69) is 15.0 Å². The van der Waals surface area contributed by atoms with E-state index in [-0.39, 0.29) is 24.0 Å². The average molecular weight is 381 g/mol. The summed E-state index contributed by atoms with van der Waals surface area (Å²) in [5.41, 5.74) is 8.28. The predicted octanol–water partition coefficient (Wildman–Crippen LogP) is 1.21. The molecule has 5 nitrogen and oxygen atoms in total. The highest BCUT2D eigenvalue weighted by Gasteiger charge is 2.12. The molecule has 2 rings (SSSR count). The lowest BCUT2D eigenvalue weighted by atomic mass is 10.3. The summed E-state index contributed by atoms with van der Waals surface area (Å²) < 4.78 is 1.86. The number of nitrogens with two attached hydrogens (primary N) is 1. The zero-order chi connectivity index (χ0) is 12.3. The van der Waals surface area contributed by atoms with E-state index in [0.717, 1.165) is 35.9 Å². The second kappa shape index (κ2) is 7.22. The number of aliphatic imine (C=N–C) groups is 1. The molecule has 0 radical (unpaired) electrons. The maximum absolute atomic E-state index is 5.99. The second-order valence-electron chi connectivity index (χ2n) is 4.15. The number of aromatic nitrogens is 2. The Labute approximate surface area is 129 Å². The molecule has 0 unspecified atom stereocenters. The number of aryl methyl sites for hydroxylation is 1. The van der Waals surface area contributed by atoms with Crippen LogP contribution in [0.15, 0.2) is 11.2 Å². The van der Waals surface area contributed by atoms with E-state index in [1.807, 2.05) is 36.6 Å². The highest BCUT2D eigenvalue weighted by Crippen LogP contribution is 2.10. The Morgan fingerprint density at radius 1 is 1.50 bits per heavy atom. The van der Waals surface area contributed by atoms with Gasteiger partial charge in [0.2, 0.25) is 0 Å². The smallest absolute Gasteiger partial charge is 0.191 e. The SMILES string of the molecule is Cc1c(CN=C(N)N2CCSCC2)cnn1C.I. The van der Waals surface area contributed by atoms with Crippen LogP contribution in [0.4, 0.5) is 0 Å². The van der Waals surface area contributed by atoms with E-state index in [9.17, 15) is 0 Å². The minimum absolute atomic E-state index is 0. The molecule has 0 bridgehead atoms. The summed E-state index contributed by atoms with van der Waals surface area (Å²) >= 11 is 1.97. The van der Waals surface area contributed by atoms with Crippen molar-refractivity contribution in [2.45, 2.75) is 13.5 Å². The molecule has 0 saturated carbocycles. The molecule has 1 aliphatic heterocycles. The molecule has 1 aromatic rings. The topological polar surface area (TPSA) is 59.4 Å². The van der Waals surface area contributed by atoms with Crippen molar-refractivity contribution >= 4 is 41.7 Å².